The SMILES string of the molecule is Cc1ccc(N)c(C#Cc2ccc(C#N)cc2)c1. The summed E-state index contributed by atoms with van der Waals surface area (Å²) in [6.07, 6.45) is 0. The van der Waals surface area contributed by atoms with Crippen LogP contribution >= 0.6 is 0 Å². The minimum atomic E-state index is 0.635. The van der Waals surface area contributed by atoms with Crippen LogP contribution in [0.15, 0.2) is 42.5 Å². The van der Waals surface area contributed by atoms with Gasteiger partial charge in [-0.3, -0.25) is 0 Å². The minimum Gasteiger partial charge on any atom is -0.398 e. The number of benzene rings is 2. The van der Waals surface area contributed by atoms with Gasteiger partial charge < -0.3 is 5.73 Å². The van der Waals surface area contributed by atoms with Crippen LogP contribution in [0.1, 0.15) is 22.3 Å². The molecule has 0 amide bonds. The van der Waals surface area contributed by atoms with Crippen LogP contribution in [0.5, 0.6) is 0 Å². The lowest BCUT2D eigenvalue weighted by Crippen LogP contribution is -1.90. The zero-order chi connectivity index (χ0) is 13.0. The molecule has 0 spiro atoms. The molecule has 0 atom stereocenters. The molecule has 2 heteroatoms. The van der Waals surface area contributed by atoms with E-state index in [-0.39, 0.29) is 0 Å². The normalized spacial score (nSPS) is 9.11. The van der Waals surface area contributed by atoms with Crippen molar-refractivity contribution in [1.29, 1.82) is 5.26 Å². The van der Waals surface area contributed by atoms with Gasteiger partial charge in [-0.1, -0.05) is 17.9 Å². The molecule has 2 aromatic carbocycles. The highest BCUT2D eigenvalue weighted by Gasteiger charge is 1.95. The van der Waals surface area contributed by atoms with Crippen LogP contribution in [0.3, 0.4) is 0 Å². The molecule has 0 radical (unpaired) electrons. The van der Waals surface area contributed by atoms with Crippen molar-refractivity contribution in [3.05, 3.63) is 64.7 Å². The van der Waals surface area contributed by atoms with E-state index >= 15 is 0 Å². The number of nitrogens with zero attached hydrogens (tertiary/aromatic N) is 1. The van der Waals surface area contributed by atoms with Crippen LogP contribution < -0.4 is 5.73 Å². The first-order valence-corrected chi connectivity index (χ1v) is 5.57. The summed E-state index contributed by atoms with van der Waals surface area (Å²) in [5.74, 6) is 6.09. The van der Waals surface area contributed by atoms with Crippen molar-refractivity contribution in [1.82, 2.24) is 0 Å². The third-order valence-electron chi connectivity index (χ3n) is 2.56. The molecule has 0 unspecified atom stereocenters. The first-order chi connectivity index (χ1) is 8.69. The molecule has 0 saturated carbocycles. The lowest BCUT2D eigenvalue weighted by atomic mass is 10.1. The van der Waals surface area contributed by atoms with Gasteiger partial charge in [0.05, 0.1) is 11.6 Å². The van der Waals surface area contributed by atoms with Crippen LogP contribution in [-0.2, 0) is 0 Å². The molecule has 2 aromatic rings. The number of nitrogens with two attached hydrogens (primary N) is 1. The highest BCUT2D eigenvalue weighted by atomic mass is 14.5. The van der Waals surface area contributed by atoms with E-state index in [0.717, 1.165) is 16.7 Å². The maximum atomic E-state index is 8.70. The van der Waals surface area contributed by atoms with Gasteiger partial charge in [0.2, 0.25) is 0 Å². The van der Waals surface area contributed by atoms with Crippen LogP contribution in [0.25, 0.3) is 0 Å². The number of hydrogen-bond donors (Lipinski definition) is 1. The molecular weight excluding hydrogens is 220 g/mol. The van der Waals surface area contributed by atoms with Crippen LogP contribution in [-0.4, -0.2) is 0 Å². The highest BCUT2D eigenvalue weighted by molar-refractivity contribution is 5.58. The third-order valence-corrected chi connectivity index (χ3v) is 2.56. The summed E-state index contributed by atoms with van der Waals surface area (Å²) in [6.45, 7) is 2.01. The summed E-state index contributed by atoms with van der Waals surface area (Å²) >= 11 is 0. The first-order valence-electron chi connectivity index (χ1n) is 5.57. The largest absolute Gasteiger partial charge is 0.398 e. The minimum absolute atomic E-state index is 0.635. The van der Waals surface area contributed by atoms with Gasteiger partial charge in [0.1, 0.15) is 0 Å². The van der Waals surface area contributed by atoms with E-state index in [2.05, 4.69) is 17.9 Å². The number of nitriles is 1. The average Bonchev–Trinajstić information content (AvgIpc) is 2.40. The number of nitrogen functional groups attached to an aromatic ring is 1. The van der Waals surface area contributed by atoms with Crippen molar-refractivity contribution in [3.63, 3.8) is 0 Å². The summed E-state index contributed by atoms with van der Waals surface area (Å²) in [6, 6.07) is 15.0. The third kappa shape index (κ3) is 2.70. The molecule has 2 N–H and O–H groups in total. The fourth-order valence-corrected chi connectivity index (χ4v) is 1.55. The maximum Gasteiger partial charge on any atom is 0.0991 e. The molecule has 0 aromatic heterocycles. The molecule has 0 aliphatic carbocycles. The number of aryl methyl sites for hydroxylation is 1. The molecular formula is C16H12N2. The van der Waals surface area contributed by atoms with Crippen LogP contribution in [0.2, 0.25) is 0 Å². The topological polar surface area (TPSA) is 49.8 Å². The van der Waals surface area contributed by atoms with Gasteiger partial charge in [0.25, 0.3) is 0 Å². The van der Waals surface area contributed by atoms with Crippen molar-refractivity contribution in [2.75, 3.05) is 5.73 Å². The zero-order valence-corrected chi connectivity index (χ0v) is 10.1. The summed E-state index contributed by atoms with van der Waals surface area (Å²) < 4.78 is 0. The Bertz CT molecular complexity index is 665. The van der Waals surface area contributed by atoms with Gasteiger partial charge in [-0.15, -0.1) is 0 Å². The highest BCUT2D eigenvalue weighted by Crippen LogP contribution is 2.12. The van der Waals surface area contributed by atoms with E-state index in [9.17, 15) is 0 Å². The molecule has 86 valence electrons. The smallest absolute Gasteiger partial charge is 0.0991 e. The molecule has 2 rings (SSSR count). The predicted molar refractivity (Wildman–Crippen MR) is 72.7 cm³/mol. The Labute approximate surface area is 107 Å². The van der Waals surface area contributed by atoms with Gasteiger partial charge in [0.15, 0.2) is 0 Å². The molecule has 0 aliphatic heterocycles. The number of anilines is 1. The van der Waals surface area contributed by atoms with Crippen molar-refractivity contribution in [3.8, 4) is 17.9 Å². The van der Waals surface area contributed by atoms with Gasteiger partial charge in [-0.05, 0) is 48.9 Å². The van der Waals surface area contributed by atoms with Gasteiger partial charge in [-0.25, -0.2) is 0 Å². The van der Waals surface area contributed by atoms with Crippen molar-refractivity contribution in [2.45, 2.75) is 6.92 Å². The Kier molecular flexibility index (Phi) is 3.32. The molecule has 0 aliphatic rings. The standard InChI is InChI=1S/C16H12N2/c1-12-2-9-16(18)15(10-12)8-7-13-3-5-14(11-17)6-4-13/h2-6,9-10H,18H2,1H3. The number of hydrogen-bond acceptors (Lipinski definition) is 2. The lowest BCUT2D eigenvalue weighted by Gasteiger charge is -1.99. The molecule has 0 fully saturated rings. The second-order valence-corrected chi connectivity index (χ2v) is 4.03. The first kappa shape index (κ1) is 11.8. The van der Waals surface area contributed by atoms with Crippen molar-refractivity contribution >= 4 is 5.69 Å². The second kappa shape index (κ2) is 5.08. The lowest BCUT2D eigenvalue weighted by molar-refractivity contribution is 1.45. The maximum absolute atomic E-state index is 8.70. The summed E-state index contributed by atoms with van der Waals surface area (Å²) in [7, 11) is 0. The monoisotopic (exact) mass is 232 g/mol. The van der Waals surface area contributed by atoms with Crippen molar-refractivity contribution in [2.24, 2.45) is 0 Å². The number of rotatable bonds is 0. The van der Waals surface area contributed by atoms with E-state index in [1.807, 2.05) is 37.3 Å². The molecule has 18 heavy (non-hydrogen) atoms. The van der Waals surface area contributed by atoms with Gasteiger partial charge in [0, 0.05) is 16.8 Å². The Morgan fingerprint density at radius 1 is 0.944 bits per heavy atom. The molecule has 0 heterocycles. The summed E-state index contributed by atoms with van der Waals surface area (Å²) in [5, 5.41) is 8.70. The van der Waals surface area contributed by atoms with E-state index in [1.165, 1.54) is 0 Å². The summed E-state index contributed by atoms with van der Waals surface area (Å²) in [4.78, 5) is 0. The average molecular weight is 232 g/mol. The van der Waals surface area contributed by atoms with E-state index in [1.54, 1.807) is 12.1 Å². The van der Waals surface area contributed by atoms with Crippen molar-refractivity contribution < 1.29 is 0 Å². The Morgan fingerprint density at radius 2 is 1.61 bits per heavy atom. The van der Waals surface area contributed by atoms with E-state index < -0.39 is 0 Å². The van der Waals surface area contributed by atoms with Crippen LogP contribution in [0.4, 0.5) is 5.69 Å². The quantitative estimate of drug-likeness (QED) is 0.561. The summed E-state index contributed by atoms with van der Waals surface area (Å²) in [5.41, 5.74) is 10.0. The fourth-order valence-electron chi connectivity index (χ4n) is 1.55. The Balaban J connectivity index is 2.31. The van der Waals surface area contributed by atoms with Gasteiger partial charge >= 0.3 is 0 Å². The van der Waals surface area contributed by atoms with Gasteiger partial charge in [-0.2, -0.15) is 5.26 Å². The fraction of sp³-hybridized carbons (Fsp3) is 0.0625. The molecule has 0 saturated heterocycles. The van der Waals surface area contributed by atoms with E-state index in [4.69, 9.17) is 11.0 Å². The second-order valence-electron chi connectivity index (χ2n) is 4.03. The zero-order valence-electron chi connectivity index (χ0n) is 10.1. The molecule has 2 nitrogen and oxygen atoms in total. The van der Waals surface area contributed by atoms with Crippen LogP contribution in [0, 0.1) is 30.1 Å². The van der Waals surface area contributed by atoms with E-state index in [0.29, 0.717) is 11.3 Å². The predicted octanol–water partition coefficient (Wildman–Crippen LogP) is 2.85. The Morgan fingerprint density at radius 3 is 2.28 bits per heavy atom. The Hall–Kier alpha value is -2.71. The molecule has 0 bridgehead atoms.